The zero-order valence-electron chi connectivity index (χ0n) is 14.7. The molecule has 1 heterocycles. The van der Waals surface area contributed by atoms with Crippen LogP contribution in [-0.4, -0.2) is 23.1 Å². The maximum absolute atomic E-state index is 10.8. The molecule has 25 heavy (non-hydrogen) atoms. The first-order valence-electron chi connectivity index (χ1n) is 9.23. The predicted octanol–water partition coefficient (Wildman–Crippen LogP) is 5.37. The van der Waals surface area contributed by atoms with Crippen LogP contribution in [-0.2, 0) is 0 Å². The molecule has 3 aromatic carbocycles. The van der Waals surface area contributed by atoms with E-state index in [-0.39, 0.29) is 6.04 Å². The molecule has 1 aliphatic heterocycles. The molecule has 1 N–H and O–H groups in total. The highest BCUT2D eigenvalue weighted by molar-refractivity contribution is 5.88. The standard InChI is InChI=1S/C23H25NO/c1-17-8-7-15-24(16-17)23(19-10-3-2-4-11-19)22-20-12-6-5-9-18(20)13-14-21(22)25/h2-6,9-14,17,23,25H,7-8,15-16H2,1H3/t17-,23+/m1/s1. The van der Waals surface area contributed by atoms with Crippen LogP contribution in [0.3, 0.4) is 0 Å². The summed E-state index contributed by atoms with van der Waals surface area (Å²) in [5.41, 5.74) is 2.29. The van der Waals surface area contributed by atoms with Crippen molar-refractivity contribution in [3.8, 4) is 5.75 Å². The van der Waals surface area contributed by atoms with Crippen molar-refractivity contribution in [3.63, 3.8) is 0 Å². The summed E-state index contributed by atoms with van der Waals surface area (Å²) in [7, 11) is 0. The summed E-state index contributed by atoms with van der Waals surface area (Å²) in [4.78, 5) is 2.55. The molecule has 0 amide bonds. The molecule has 0 radical (unpaired) electrons. The fourth-order valence-corrected chi connectivity index (χ4v) is 4.23. The van der Waals surface area contributed by atoms with Gasteiger partial charge in [-0.05, 0) is 47.7 Å². The van der Waals surface area contributed by atoms with E-state index in [4.69, 9.17) is 0 Å². The van der Waals surface area contributed by atoms with E-state index in [1.54, 1.807) is 0 Å². The third kappa shape index (κ3) is 3.14. The van der Waals surface area contributed by atoms with E-state index in [0.29, 0.717) is 11.7 Å². The normalized spacial score (nSPS) is 19.8. The molecule has 0 unspecified atom stereocenters. The second kappa shape index (κ2) is 6.89. The number of piperidine rings is 1. The van der Waals surface area contributed by atoms with Gasteiger partial charge in [0, 0.05) is 12.1 Å². The number of nitrogens with zero attached hydrogens (tertiary/aromatic N) is 1. The Bertz CT molecular complexity index is 858. The summed E-state index contributed by atoms with van der Waals surface area (Å²) >= 11 is 0. The first kappa shape index (κ1) is 16.2. The van der Waals surface area contributed by atoms with Crippen LogP contribution in [0.1, 0.15) is 36.9 Å². The SMILES string of the molecule is C[C@@H]1CCCN([C@@H](c2ccccc2)c2c(O)ccc3ccccc23)C1. The van der Waals surface area contributed by atoms with Crippen LogP contribution in [0.25, 0.3) is 10.8 Å². The molecule has 0 saturated carbocycles. The van der Waals surface area contributed by atoms with Gasteiger partial charge in [0.1, 0.15) is 5.75 Å². The van der Waals surface area contributed by atoms with Crippen LogP contribution >= 0.6 is 0 Å². The molecule has 1 saturated heterocycles. The van der Waals surface area contributed by atoms with Gasteiger partial charge in [-0.1, -0.05) is 67.6 Å². The molecule has 2 nitrogen and oxygen atoms in total. The summed E-state index contributed by atoms with van der Waals surface area (Å²) in [6.07, 6.45) is 2.51. The van der Waals surface area contributed by atoms with Crippen LogP contribution < -0.4 is 0 Å². The monoisotopic (exact) mass is 331 g/mol. The molecule has 2 atom stereocenters. The minimum absolute atomic E-state index is 0.0926. The fourth-order valence-electron chi connectivity index (χ4n) is 4.23. The molecule has 0 bridgehead atoms. The molecule has 0 aliphatic carbocycles. The first-order valence-corrected chi connectivity index (χ1v) is 9.23. The average molecular weight is 331 g/mol. The lowest BCUT2D eigenvalue weighted by molar-refractivity contribution is 0.148. The van der Waals surface area contributed by atoms with E-state index in [9.17, 15) is 5.11 Å². The van der Waals surface area contributed by atoms with Crippen molar-refractivity contribution in [2.45, 2.75) is 25.8 Å². The van der Waals surface area contributed by atoms with Crippen LogP contribution in [0, 0.1) is 5.92 Å². The van der Waals surface area contributed by atoms with Crippen molar-refractivity contribution >= 4 is 10.8 Å². The first-order chi connectivity index (χ1) is 12.2. The van der Waals surface area contributed by atoms with Gasteiger partial charge in [0.2, 0.25) is 0 Å². The molecule has 128 valence electrons. The average Bonchev–Trinajstić information content (AvgIpc) is 2.65. The summed E-state index contributed by atoms with van der Waals surface area (Å²) in [6, 6.07) is 22.9. The third-order valence-electron chi connectivity index (χ3n) is 5.39. The van der Waals surface area contributed by atoms with Crippen LogP contribution in [0.2, 0.25) is 0 Å². The molecule has 0 aromatic heterocycles. The Morgan fingerprint density at radius 2 is 1.72 bits per heavy atom. The highest BCUT2D eigenvalue weighted by Gasteiger charge is 2.29. The van der Waals surface area contributed by atoms with Crippen LogP contribution in [0.5, 0.6) is 5.75 Å². The largest absolute Gasteiger partial charge is 0.508 e. The van der Waals surface area contributed by atoms with Gasteiger partial charge < -0.3 is 5.11 Å². The van der Waals surface area contributed by atoms with E-state index in [2.05, 4.69) is 66.4 Å². The van der Waals surface area contributed by atoms with E-state index < -0.39 is 0 Å². The molecule has 2 heteroatoms. The summed E-state index contributed by atoms with van der Waals surface area (Å²) < 4.78 is 0. The summed E-state index contributed by atoms with van der Waals surface area (Å²) in [5, 5.41) is 13.1. The Morgan fingerprint density at radius 1 is 0.960 bits per heavy atom. The number of rotatable bonds is 3. The van der Waals surface area contributed by atoms with Crippen molar-refractivity contribution in [3.05, 3.63) is 77.9 Å². The van der Waals surface area contributed by atoms with Gasteiger partial charge >= 0.3 is 0 Å². The number of phenols is 1. The number of phenolic OH excluding ortho intramolecular Hbond substituents is 1. The number of fused-ring (bicyclic) bond motifs is 1. The molecule has 1 fully saturated rings. The Morgan fingerprint density at radius 3 is 2.52 bits per heavy atom. The fraction of sp³-hybridized carbons (Fsp3) is 0.304. The molecule has 0 spiro atoms. The second-order valence-electron chi connectivity index (χ2n) is 7.28. The van der Waals surface area contributed by atoms with Gasteiger partial charge in [-0.25, -0.2) is 0 Å². The van der Waals surface area contributed by atoms with Crippen molar-refractivity contribution < 1.29 is 5.11 Å². The maximum Gasteiger partial charge on any atom is 0.121 e. The number of hydrogen-bond acceptors (Lipinski definition) is 2. The van der Waals surface area contributed by atoms with E-state index in [1.165, 1.54) is 23.8 Å². The van der Waals surface area contributed by atoms with Crippen molar-refractivity contribution in [1.29, 1.82) is 0 Å². The number of likely N-dealkylation sites (tertiary alicyclic amines) is 1. The summed E-state index contributed by atoms with van der Waals surface area (Å²) in [6.45, 7) is 4.48. The van der Waals surface area contributed by atoms with Crippen molar-refractivity contribution in [2.24, 2.45) is 5.92 Å². The van der Waals surface area contributed by atoms with Crippen molar-refractivity contribution in [2.75, 3.05) is 13.1 Å². The molecular weight excluding hydrogens is 306 g/mol. The third-order valence-corrected chi connectivity index (χ3v) is 5.39. The summed E-state index contributed by atoms with van der Waals surface area (Å²) in [5.74, 6) is 1.09. The molecule has 3 aromatic rings. The molecule has 1 aliphatic rings. The smallest absolute Gasteiger partial charge is 0.121 e. The lowest BCUT2D eigenvalue weighted by Crippen LogP contribution is -2.38. The Hall–Kier alpha value is -2.32. The van der Waals surface area contributed by atoms with Gasteiger partial charge in [-0.2, -0.15) is 0 Å². The van der Waals surface area contributed by atoms with Crippen LogP contribution in [0.15, 0.2) is 66.7 Å². The quantitative estimate of drug-likeness (QED) is 0.698. The van der Waals surface area contributed by atoms with E-state index >= 15 is 0 Å². The predicted molar refractivity (Wildman–Crippen MR) is 104 cm³/mol. The minimum Gasteiger partial charge on any atom is -0.508 e. The zero-order chi connectivity index (χ0) is 17.2. The van der Waals surface area contributed by atoms with Gasteiger partial charge in [-0.15, -0.1) is 0 Å². The second-order valence-corrected chi connectivity index (χ2v) is 7.28. The molecule has 4 rings (SSSR count). The van der Waals surface area contributed by atoms with Gasteiger partial charge in [0.15, 0.2) is 0 Å². The van der Waals surface area contributed by atoms with Crippen molar-refractivity contribution in [1.82, 2.24) is 4.90 Å². The zero-order valence-corrected chi connectivity index (χ0v) is 14.7. The maximum atomic E-state index is 10.8. The lowest BCUT2D eigenvalue weighted by Gasteiger charge is -2.38. The number of aromatic hydroxyl groups is 1. The van der Waals surface area contributed by atoms with E-state index in [0.717, 1.165) is 24.0 Å². The minimum atomic E-state index is 0.0926. The van der Waals surface area contributed by atoms with E-state index in [1.807, 2.05) is 12.1 Å². The Balaban J connectivity index is 1.91. The Kier molecular flexibility index (Phi) is 4.46. The number of hydrogen-bond donors (Lipinski definition) is 1. The Labute approximate surface area is 149 Å². The van der Waals surface area contributed by atoms with Gasteiger partial charge in [0.25, 0.3) is 0 Å². The lowest BCUT2D eigenvalue weighted by atomic mass is 9.89. The van der Waals surface area contributed by atoms with Crippen LogP contribution in [0.4, 0.5) is 0 Å². The number of benzene rings is 3. The highest BCUT2D eigenvalue weighted by Crippen LogP contribution is 2.40. The highest BCUT2D eigenvalue weighted by atomic mass is 16.3. The topological polar surface area (TPSA) is 23.5 Å². The van der Waals surface area contributed by atoms with Gasteiger partial charge in [-0.3, -0.25) is 4.90 Å². The van der Waals surface area contributed by atoms with Gasteiger partial charge in [0.05, 0.1) is 6.04 Å². The molecular formula is C23H25NO.